The van der Waals surface area contributed by atoms with E-state index in [1.54, 1.807) is 0 Å². The fraction of sp³-hybridized carbons (Fsp3) is 0.938. The van der Waals surface area contributed by atoms with Gasteiger partial charge < -0.3 is 14.7 Å². The van der Waals surface area contributed by atoms with Gasteiger partial charge in [-0.2, -0.15) is 0 Å². The van der Waals surface area contributed by atoms with Crippen LogP contribution in [-0.2, 0) is 0 Å². The summed E-state index contributed by atoms with van der Waals surface area (Å²) in [6.45, 7) is 13.7. The maximum Gasteiger partial charge on any atom is 0.197 e. The Morgan fingerprint density at radius 3 is 2.05 bits per heavy atom. The van der Waals surface area contributed by atoms with Crippen molar-refractivity contribution in [3.8, 4) is 0 Å². The van der Waals surface area contributed by atoms with Crippen molar-refractivity contribution >= 4 is 5.96 Å². The summed E-state index contributed by atoms with van der Waals surface area (Å²) in [5.74, 6) is 1.27. The van der Waals surface area contributed by atoms with E-state index < -0.39 is 0 Å². The number of likely N-dealkylation sites (tertiary alicyclic amines) is 1. The molecule has 2 saturated heterocycles. The van der Waals surface area contributed by atoms with Gasteiger partial charge >= 0.3 is 0 Å². The molecule has 2 rings (SSSR count). The lowest BCUT2D eigenvalue weighted by atomic mass is 10.0. The molecule has 0 N–H and O–H groups in total. The Balaban J connectivity index is 2.13. The highest BCUT2D eigenvalue weighted by molar-refractivity contribution is 5.81. The molecule has 0 aromatic heterocycles. The van der Waals surface area contributed by atoms with Crippen LogP contribution in [0, 0.1) is 0 Å². The quantitative estimate of drug-likeness (QED) is 0.585. The van der Waals surface area contributed by atoms with E-state index >= 15 is 0 Å². The zero-order valence-corrected chi connectivity index (χ0v) is 13.9. The van der Waals surface area contributed by atoms with E-state index in [4.69, 9.17) is 4.99 Å². The van der Waals surface area contributed by atoms with Crippen molar-refractivity contribution in [2.24, 2.45) is 4.99 Å². The molecule has 0 bridgehead atoms. The molecule has 2 fully saturated rings. The van der Waals surface area contributed by atoms with Crippen LogP contribution >= 0.6 is 0 Å². The third-order valence-electron chi connectivity index (χ3n) is 4.44. The lowest BCUT2D eigenvalue weighted by Gasteiger charge is -2.39. The molecule has 0 saturated carbocycles. The number of piperazine rings is 1. The van der Waals surface area contributed by atoms with Gasteiger partial charge in [-0.15, -0.1) is 0 Å². The molecule has 2 heterocycles. The number of aliphatic imine (C=N–C) groups is 1. The molecular weight excluding hydrogens is 248 g/mol. The molecule has 116 valence electrons. The van der Waals surface area contributed by atoms with E-state index in [0.29, 0.717) is 0 Å². The monoisotopic (exact) mass is 280 g/mol. The molecule has 4 heteroatoms. The molecule has 0 spiro atoms. The zero-order valence-electron chi connectivity index (χ0n) is 13.9. The van der Waals surface area contributed by atoms with Crippen LogP contribution < -0.4 is 0 Å². The van der Waals surface area contributed by atoms with Gasteiger partial charge in [0.2, 0.25) is 0 Å². The molecule has 20 heavy (non-hydrogen) atoms. The molecule has 0 atom stereocenters. The van der Waals surface area contributed by atoms with Crippen LogP contribution in [0.2, 0.25) is 0 Å². The zero-order chi connectivity index (χ0) is 14.6. The van der Waals surface area contributed by atoms with Crippen LogP contribution in [0.4, 0.5) is 0 Å². The van der Waals surface area contributed by atoms with E-state index in [9.17, 15) is 0 Å². The van der Waals surface area contributed by atoms with E-state index in [2.05, 4.69) is 42.5 Å². The summed E-state index contributed by atoms with van der Waals surface area (Å²) in [6, 6.07) is 0. The second kappa shape index (κ2) is 6.79. The average Bonchev–Trinajstić information content (AvgIpc) is 2.91. The van der Waals surface area contributed by atoms with Crippen LogP contribution in [0.3, 0.4) is 0 Å². The van der Waals surface area contributed by atoms with Crippen molar-refractivity contribution in [1.82, 2.24) is 14.7 Å². The highest BCUT2D eigenvalue weighted by atomic mass is 15.4. The first-order chi connectivity index (χ1) is 9.52. The molecule has 2 aliphatic rings. The summed E-state index contributed by atoms with van der Waals surface area (Å²) in [6.07, 6.45) is 5.01. The SMILES string of the molecule is CCCC(C)(C)/N=C(/N1CCCC1)N1CCN(C)CC1. The molecule has 0 aliphatic carbocycles. The lowest BCUT2D eigenvalue weighted by molar-refractivity contribution is 0.197. The van der Waals surface area contributed by atoms with Gasteiger partial charge in [-0.3, -0.25) is 0 Å². The minimum Gasteiger partial charge on any atom is -0.343 e. The van der Waals surface area contributed by atoms with Crippen molar-refractivity contribution in [3.63, 3.8) is 0 Å². The van der Waals surface area contributed by atoms with Gasteiger partial charge in [-0.05, 0) is 40.2 Å². The van der Waals surface area contributed by atoms with Crippen molar-refractivity contribution in [3.05, 3.63) is 0 Å². The third kappa shape index (κ3) is 4.11. The number of guanidine groups is 1. The Labute approximate surface area is 124 Å². The van der Waals surface area contributed by atoms with Gasteiger partial charge in [0.25, 0.3) is 0 Å². The molecule has 0 amide bonds. The van der Waals surface area contributed by atoms with Crippen LogP contribution in [0.5, 0.6) is 0 Å². The fourth-order valence-corrected chi connectivity index (χ4v) is 3.20. The van der Waals surface area contributed by atoms with Gasteiger partial charge in [-0.25, -0.2) is 4.99 Å². The minimum atomic E-state index is 0.0655. The topological polar surface area (TPSA) is 22.1 Å². The van der Waals surface area contributed by atoms with E-state index in [0.717, 1.165) is 32.6 Å². The smallest absolute Gasteiger partial charge is 0.197 e. The van der Waals surface area contributed by atoms with Crippen molar-refractivity contribution in [1.29, 1.82) is 0 Å². The molecule has 4 nitrogen and oxygen atoms in total. The number of likely N-dealkylation sites (N-methyl/N-ethyl adjacent to an activating group) is 1. The Morgan fingerprint density at radius 1 is 0.950 bits per heavy atom. The highest BCUT2D eigenvalue weighted by Crippen LogP contribution is 2.20. The van der Waals surface area contributed by atoms with Gasteiger partial charge in [0.15, 0.2) is 5.96 Å². The lowest BCUT2D eigenvalue weighted by Crippen LogP contribution is -2.52. The van der Waals surface area contributed by atoms with Crippen molar-refractivity contribution < 1.29 is 0 Å². The molecule has 0 aromatic rings. The first-order valence-electron chi connectivity index (χ1n) is 8.30. The Morgan fingerprint density at radius 2 is 1.50 bits per heavy atom. The summed E-state index contributed by atoms with van der Waals surface area (Å²) in [4.78, 5) is 12.6. The summed E-state index contributed by atoms with van der Waals surface area (Å²) in [7, 11) is 2.21. The number of hydrogen-bond acceptors (Lipinski definition) is 2. The molecule has 0 radical (unpaired) electrons. The fourth-order valence-electron chi connectivity index (χ4n) is 3.20. The molecule has 2 aliphatic heterocycles. The maximum atomic E-state index is 5.18. The van der Waals surface area contributed by atoms with Crippen LogP contribution in [0.25, 0.3) is 0 Å². The third-order valence-corrected chi connectivity index (χ3v) is 4.44. The van der Waals surface area contributed by atoms with E-state index in [1.165, 1.54) is 38.3 Å². The summed E-state index contributed by atoms with van der Waals surface area (Å²) in [5.41, 5.74) is 0.0655. The standard InChI is InChI=1S/C16H32N4/c1-5-8-16(2,3)17-15(19-9-6-7-10-19)20-13-11-18(4)12-14-20/h5-14H2,1-4H3/b17-15-. The molecule has 0 aromatic carbocycles. The maximum absolute atomic E-state index is 5.18. The number of rotatable bonds is 3. The first-order valence-corrected chi connectivity index (χ1v) is 8.30. The van der Waals surface area contributed by atoms with Crippen LogP contribution in [0.1, 0.15) is 46.5 Å². The Kier molecular flexibility index (Phi) is 5.30. The van der Waals surface area contributed by atoms with Crippen LogP contribution in [-0.4, -0.2) is 72.5 Å². The van der Waals surface area contributed by atoms with Crippen molar-refractivity contribution in [2.45, 2.75) is 52.0 Å². The second-order valence-corrected chi connectivity index (χ2v) is 6.96. The first kappa shape index (κ1) is 15.6. The van der Waals surface area contributed by atoms with Gasteiger partial charge in [0.05, 0.1) is 5.54 Å². The molecule has 0 unspecified atom stereocenters. The normalized spacial score (nSPS) is 22.7. The summed E-state index contributed by atoms with van der Waals surface area (Å²) in [5, 5.41) is 0. The summed E-state index contributed by atoms with van der Waals surface area (Å²) < 4.78 is 0. The Hall–Kier alpha value is -0.770. The highest BCUT2D eigenvalue weighted by Gasteiger charge is 2.27. The minimum absolute atomic E-state index is 0.0655. The Bertz CT molecular complexity index is 323. The predicted octanol–water partition coefficient (Wildman–Crippen LogP) is 2.26. The average molecular weight is 280 g/mol. The van der Waals surface area contributed by atoms with Crippen LogP contribution in [0.15, 0.2) is 4.99 Å². The van der Waals surface area contributed by atoms with Crippen molar-refractivity contribution in [2.75, 3.05) is 46.3 Å². The molecular formula is C16H32N4. The van der Waals surface area contributed by atoms with E-state index in [-0.39, 0.29) is 5.54 Å². The predicted molar refractivity (Wildman–Crippen MR) is 86.3 cm³/mol. The van der Waals surface area contributed by atoms with Gasteiger partial charge in [0.1, 0.15) is 0 Å². The number of hydrogen-bond donors (Lipinski definition) is 0. The number of nitrogens with zero attached hydrogens (tertiary/aromatic N) is 4. The van der Waals surface area contributed by atoms with E-state index in [1.807, 2.05) is 0 Å². The second-order valence-electron chi connectivity index (χ2n) is 6.96. The summed E-state index contributed by atoms with van der Waals surface area (Å²) >= 11 is 0. The largest absolute Gasteiger partial charge is 0.343 e. The van der Waals surface area contributed by atoms with Gasteiger partial charge in [0, 0.05) is 39.3 Å². The van der Waals surface area contributed by atoms with Gasteiger partial charge in [-0.1, -0.05) is 13.3 Å².